The molecule has 2 amide bonds. The number of nitrogens with zero attached hydrogens (tertiary/aromatic N) is 1. The number of amides is 2. The quantitative estimate of drug-likeness (QED) is 0.736. The summed E-state index contributed by atoms with van der Waals surface area (Å²) in [7, 11) is 0. The molecule has 1 heterocycles. The second-order valence-electron chi connectivity index (χ2n) is 5.66. The van der Waals surface area contributed by atoms with E-state index in [1.54, 1.807) is 4.90 Å². The van der Waals surface area contributed by atoms with Gasteiger partial charge in [0.15, 0.2) is 0 Å². The Morgan fingerprint density at radius 2 is 2.05 bits per heavy atom. The van der Waals surface area contributed by atoms with E-state index in [1.807, 2.05) is 13.8 Å². The van der Waals surface area contributed by atoms with E-state index in [4.69, 9.17) is 0 Å². The van der Waals surface area contributed by atoms with Gasteiger partial charge in [0, 0.05) is 13.1 Å². The molecule has 1 aliphatic rings. The minimum atomic E-state index is -0.130. The van der Waals surface area contributed by atoms with E-state index in [9.17, 15) is 9.59 Å². The van der Waals surface area contributed by atoms with E-state index in [2.05, 4.69) is 17.6 Å². The molecule has 0 aromatic heterocycles. The molecule has 1 saturated heterocycles. The summed E-state index contributed by atoms with van der Waals surface area (Å²) in [6, 6.07) is -0.130. The third-order valence-electron chi connectivity index (χ3n) is 3.75. The Balaban J connectivity index is 2.59. The van der Waals surface area contributed by atoms with E-state index in [1.165, 1.54) is 0 Å². The number of piperidine rings is 1. The van der Waals surface area contributed by atoms with Crippen molar-refractivity contribution in [3.8, 4) is 0 Å². The van der Waals surface area contributed by atoms with Crippen LogP contribution in [0.5, 0.6) is 0 Å². The van der Waals surface area contributed by atoms with Crippen molar-refractivity contribution >= 4 is 11.8 Å². The maximum absolute atomic E-state index is 12.6. The van der Waals surface area contributed by atoms with Gasteiger partial charge in [0.25, 0.3) is 0 Å². The third kappa shape index (κ3) is 5.12. The van der Waals surface area contributed by atoms with Gasteiger partial charge in [-0.2, -0.15) is 0 Å². The Labute approximate surface area is 122 Å². The van der Waals surface area contributed by atoms with Crippen LogP contribution in [-0.2, 0) is 9.59 Å². The molecule has 1 aliphatic heterocycles. The molecule has 0 radical (unpaired) electrons. The maximum Gasteiger partial charge on any atom is 0.240 e. The fraction of sp³-hybridized carbons (Fsp3) is 0.867. The van der Waals surface area contributed by atoms with Gasteiger partial charge in [-0.1, -0.05) is 20.8 Å². The van der Waals surface area contributed by atoms with Crippen LogP contribution in [0.15, 0.2) is 0 Å². The molecule has 2 atom stereocenters. The normalized spacial score (nSPS) is 22.4. The molecule has 5 nitrogen and oxygen atoms in total. The van der Waals surface area contributed by atoms with Gasteiger partial charge in [-0.3, -0.25) is 9.59 Å². The molecule has 0 aliphatic carbocycles. The smallest absolute Gasteiger partial charge is 0.240 e. The SMILES string of the molecule is CCCNC(=O)CN(CCC)C(=O)C1NCCCC1C. The second-order valence-corrected chi connectivity index (χ2v) is 5.66. The van der Waals surface area contributed by atoms with E-state index in [0.29, 0.717) is 19.0 Å². The number of carbonyl (C=O) groups excluding carboxylic acids is 2. The molecule has 20 heavy (non-hydrogen) atoms. The highest BCUT2D eigenvalue weighted by Crippen LogP contribution is 2.17. The fourth-order valence-electron chi connectivity index (χ4n) is 2.61. The number of carbonyl (C=O) groups is 2. The zero-order valence-electron chi connectivity index (χ0n) is 13.1. The summed E-state index contributed by atoms with van der Waals surface area (Å²) in [6.07, 6.45) is 3.98. The lowest BCUT2D eigenvalue weighted by Gasteiger charge is -2.33. The molecule has 0 saturated carbocycles. The summed E-state index contributed by atoms with van der Waals surface area (Å²) < 4.78 is 0. The molecule has 116 valence electrons. The van der Waals surface area contributed by atoms with Crippen molar-refractivity contribution in [2.45, 2.75) is 52.5 Å². The molecule has 0 bridgehead atoms. The van der Waals surface area contributed by atoms with E-state index < -0.39 is 0 Å². The summed E-state index contributed by atoms with van der Waals surface area (Å²) in [5.74, 6) is 0.358. The number of nitrogens with one attached hydrogen (secondary N) is 2. The second kappa shape index (κ2) is 8.95. The molecule has 0 spiro atoms. The number of hydrogen-bond acceptors (Lipinski definition) is 3. The van der Waals surface area contributed by atoms with E-state index >= 15 is 0 Å². The van der Waals surface area contributed by atoms with Crippen molar-refractivity contribution in [2.24, 2.45) is 5.92 Å². The molecule has 0 aromatic carbocycles. The van der Waals surface area contributed by atoms with Crippen LogP contribution in [0.3, 0.4) is 0 Å². The van der Waals surface area contributed by atoms with Crippen LogP contribution in [0, 0.1) is 5.92 Å². The first-order chi connectivity index (χ1) is 9.60. The van der Waals surface area contributed by atoms with Gasteiger partial charge in [0.1, 0.15) is 0 Å². The van der Waals surface area contributed by atoms with Crippen molar-refractivity contribution in [3.63, 3.8) is 0 Å². The largest absolute Gasteiger partial charge is 0.355 e. The first kappa shape index (κ1) is 17.0. The first-order valence-corrected chi connectivity index (χ1v) is 7.89. The van der Waals surface area contributed by atoms with Crippen molar-refractivity contribution < 1.29 is 9.59 Å². The van der Waals surface area contributed by atoms with Gasteiger partial charge in [0.05, 0.1) is 12.6 Å². The predicted octanol–water partition coefficient (Wildman–Crippen LogP) is 1.14. The van der Waals surface area contributed by atoms with Crippen LogP contribution in [0.1, 0.15) is 46.5 Å². The van der Waals surface area contributed by atoms with Crippen molar-refractivity contribution in [3.05, 3.63) is 0 Å². The Bertz CT molecular complexity index is 320. The van der Waals surface area contributed by atoms with Gasteiger partial charge in [0.2, 0.25) is 11.8 Å². The lowest BCUT2D eigenvalue weighted by Crippen LogP contribution is -2.54. The average Bonchev–Trinajstić information content (AvgIpc) is 2.44. The van der Waals surface area contributed by atoms with Gasteiger partial charge >= 0.3 is 0 Å². The van der Waals surface area contributed by atoms with Gasteiger partial charge in [-0.25, -0.2) is 0 Å². The minimum Gasteiger partial charge on any atom is -0.355 e. The van der Waals surface area contributed by atoms with Gasteiger partial charge in [-0.15, -0.1) is 0 Å². The van der Waals surface area contributed by atoms with Crippen molar-refractivity contribution in [1.29, 1.82) is 0 Å². The molecule has 1 fully saturated rings. The zero-order chi connectivity index (χ0) is 15.0. The molecule has 0 aromatic rings. The van der Waals surface area contributed by atoms with Crippen molar-refractivity contribution in [2.75, 3.05) is 26.2 Å². The lowest BCUT2D eigenvalue weighted by atomic mass is 9.91. The van der Waals surface area contributed by atoms with Crippen LogP contribution in [0.4, 0.5) is 0 Å². The topological polar surface area (TPSA) is 61.4 Å². The van der Waals surface area contributed by atoms with Crippen LogP contribution >= 0.6 is 0 Å². The molecule has 2 unspecified atom stereocenters. The Kier molecular flexibility index (Phi) is 7.59. The van der Waals surface area contributed by atoms with E-state index in [0.717, 1.165) is 32.2 Å². The Morgan fingerprint density at radius 3 is 2.65 bits per heavy atom. The standard InChI is InChI=1S/C15H29N3O2/c1-4-8-16-13(19)11-18(10-5-2)15(20)14-12(3)7-6-9-17-14/h12,14,17H,4-11H2,1-3H3,(H,16,19). The predicted molar refractivity (Wildman–Crippen MR) is 80.4 cm³/mol. The molecule has 2 N–H and O–H groups in total. The third-order valence-corrected chi connectivity index (χ3v) is 3.75. The summed E-state index contributed by atoms with van der Waals surface area (Å²) in [5.41, 5.74) is 0. The van der Waals surface area contributed by atoms with Crippen LogP contribution in [-0.4, -0.2) is 48.9 Å². The highest BCUT2D eigenvalue weighted by atomic mass is 16.2. The summed E-state index contributed by atoms with van der Waals surface area (Å²) in [4.78, 5) is 26.1. The summed E-state index contributed by atoms with van der Waals surface area (Å²) in [5, 5.41) is 6.14. The highest BCUT2D eigenvalue weighted by Gasteiger charge is 2.31. The van der Waals surface area contributed by atoms with Crippen molar-refractivity contribution in [1.82, 2.24) is 15.5 Å². The van der Waals surface area contributed by atoms with Crippen LogP contribution in [0.2, 0.25) is 0 Å². The maximum atomic E-state index is 12.6. The lowest BCUT2D eigenvalue weighted by molar-refractivity contribution is -0.139. The van der Waals surface area contributed by atoms with Gasteiger partial charge < -0.3 is 15.5 Å². The molecule has 5 heteroatoms. The fourth-order valence-corrected chi connectivity index (χ4v) is 2.61. The van der Waals surface area contributed by atoms with Gasteiger partial charge in [-0.05, 0) is 38.1 Å². The number of hydrogen-bond donors (Lipinski definition) is 2. The Hall–Kier alpha value is -1.10. The zero-order valence-corrected chi connectivity index (χ0v) is 13.1. The number of rotatable bonds is 7. The average molecular weight is 283 g/mol. The molecular formula is C15H29N3O2. The highest BCUT2D eigenvalue weighted by molar-refractivity contribution is 5.87. The summed E-state index contributed by atoms with van der Waals surface area (Å²) in [6.45, 7) is 8.54. The summed E-state index contributed by atoms with van der Waals surface area (Å²) >= 11 is 0. The Morgan fingerprint density at radius 1 is 1.30 bits per heavy atom. The van der Waals surface area contributed by atoms with E-state index in [-0.39, 0.29) is 24.4 Å². The molecule has 1 rings (SSSR count). The first-order valence-electron chi connectivity index (χ1n) is 7.89. The molecular weight excluding hydrogens is 254 g/mol. The minimum absolute atomic E-state index is 0.0582. The van der Waals surface area contributed by atoms with Crippen LogP contribution < -0.4 is 10.6 Å². The van der Waals surface area contributed by atoms with Crippen LogP contribution in [0.25, 0.3) is 0 Å². The monoisotopic (exact) mass is 283 g/mol.